The molecule has 6 heteroatoms. The van der Waals surface area contributed by atoms with Crippen LogP contribution < -0.4 is 0 Å². The number of alkyl halides is 2. The van der Waals surface area contributed by atoms with Gasteiger partial charge in [-0.1, -0.05) is 6.07 Å². The number of benzene rings is 1. The molecule has 0 fully saturated rings. The first-order chi connectivity index (χ1) is 7.69. The van der Waals surface area contributed by atoms with E-state index in [2.05, 4.69) is 31.9 Å². The fourth-order valence-corrected chi connectivity index (χ4v) is 1.45. The van der Waals surface area contributed by atoms with Crippen molar-refractivity contribution < 1.29 is 19.1 Å². The maximum atomic E-state index is 11.4. The van der Waals surface area contributed by atoms with Crippen LogP contribution in [0.1, 0.15) is 20.7 Å². The second-order valence-electron chi connectivity index (χ2n) is 2.66. The molecular formula is C10H8Br2O4. The summed E-state index contributed by atoms with van der Waals surface area (Å²) < 4.78 is 9.48. The molecule has 0 spiro atoms. The first-order valence-electron chi connectivity index (χ1n) is 4.25. The Labute approximate surface area is 109 Å². The molecule has 0 amide bonds. The highest BCUT2D eigenvalue weighted by Crippen LogP contribution is 2.09. The van der Waals surface area contributed by atoms with Gasteiger partial charge in [0.1, 0.15) is 11.0 Å². The summed E-state index contributed by atoms with van der Waals surface area (Å²) in [4.78, 5) is 22.7. The molecule has 16 heavy (non-hydrogen) atoms. The Morgan fingerprint density at radius 2 is 1.44 bits per heavy atom. The minimum Gasteiger partial charge on any atom is -0.450 e. The van der Waals surface area contributed by atoms with Crippen LogP contribution in [0.25, 0.3) is 0 Å². The van der Waals surface area contributed by atoms with Gasteiger partial charge < -0.3 is 9.47 Å². The van der Waals surface area contributed by atoms with Gasteiger partial charge in [0, 0.05) is 0 Å². The molecule has 1 aromatic carbocycles. The van der Waals surface area contributed by atoms with Gasteiger partial charge in [-0.15, -0.1) is 0 Å². The van der Waals surface area contributed by atoms with Gasteiger partial charge in [0.2, 0.25) is 0 Å². The Morgan fingerprint density at radius 1 is 1.00 bits per heavy atom. The van der Waals surface area contributed by atoms with E-state index >= 15 is 0 Å². The zero-order chi connectivity index (χ0) is 12.0. The highest BCUT2D eigenvalue weighted by Gasteiger charge is 2.11. The Hall–Kier alpha value is -0.880. The summed E-state index contributed by atoms with van der Waals surface area (Å²) in [6, 6.07) is 6.15. The molecule has 1 aromatic rings. The molecule has 86 valence electrons. The van der Waals surface area contributed by atoms with E-state index in [1.807, 2.05) is 0 Å². The smallest absolute Gasteiger partial charge is 0.338 e. The number of halogens is 2. The number of esters is 2. The summed E-state index contributed by atoms with van der Waals surface area (Å²) in [5.41, 5.74) is 0.844. The van der Waals surface area contributed by atoms with Crippen LogP contribution in [0, 0.1) is 0 Å². The van der Waals surface area contributed by atoms with E-state index in [-0.39, 0.29) is 11.0 Å². The zero-order valence-corrected chi connectivity index (χ0v) is 11.3. The van der Waals surface area contributed by atoms with Crippen molar-refractivity contribution in [3.05, 3.63) is 35.4 Å². The number of ether oxygens (including phenoxy) is 2. The lowest BCUT2D eigenvalue weighted by molar-refractivity contribution is 0.0582. The molecular weight excluding hydrogens is 344 g/mol. The van der Waals surface area contributed by atoms with E-state index in [1.54, 1.807) is 18.2 Å². The van der Waals surface area contributed by atoms with Crippen molar-refractivity contribution >= 4 is 43.8 Å². The average Bonchev–Trinajstić information content (AvgIpc) is 2.30. The third-order valence-electron chi connectivity index (χ3n) is 1.71. The van der Waals surface area contributed by atoms with Crippen molar-refractivity contribution in [1.29, 1.82) is 0 Å². The third-order valence-corrected chi connectivity index (χ3v) is 2.16. The van der Waals surface area contributed by atoms with E-state index in [4.69, 9.17) is 9.47 Å². The summed E-state index contributed by atoms with van der Waals surface area (Å²) in [6.07, 6.45) is 0. The molecule has 0 unspecified atom stereocenters. The molecule has 0 saturated carbocycles. The SMILES string of the molecule is O=C(OCBr)c1cccc(C(=O)OCBr)c1. The number of rotatable bonds is 4. The van der Waals surface area contributed by atoms with E-state index in [1.165, 1.54) is 6.07 Å². The van der Waals surface area contributed by atoms with Crippen LogP contribution in [0.4, 0.5) is 0 Å². The standard InChI is InChI=1S/C10H8Br2O4/c11-5-15-9(13)7-2-1-3-8(4-7)10(14)16-6-12/h1-4H,5-6H2. The Kier molecular flexibility index (Phi) is 5.48. The lowest BCUT2D eigenvalue weighted by Crippen LogP contribution is -2.07. The van der Waals surface area contributed by atoms with Crippen molar-refractivity contribution in [2.24, 2.45) is 0 Å². The second kappa shape index (κ2) is 6.65. The molecule has 0 atom stereocenters. The average molecular weight is 352 g/mol. The molecule has 0 heterocycles. The highest BCUT2D eigenvalue weighted by atomic mass is 79.9. The largest absolute Gasteiger partial charge is 0.450 e. The number of carbonyl (C=O) groups is 2. The summed E-state index contributed by atoms with van der Waals surface area (Å²) in [5.74, 6) is -0.990. The predicted molar refractivity (Wildman–Crippen MR) is 64.9 cm³/mol. The molecule has 0 aliphatic carbocycles. The molecule has 4 nitrogen and oxygen atoms in total. The number of carbonyl (C=O) groups excluding carboxylic acids is 2. The van der Waals surface area contributed by atoms with Crippen LogP contribution in [-0.2, 0) is 9.47 Å². The van der Waals surface area contributed by atoms with Crippen LogP contribution in [0.3, 0.4) is 0 Å². The van der Waals surface area contributed by atoms with Gasteiger partial charge in [-0.05, 0) is 50.1 Å². The molecule has 0 aliphatic rings. The molecule has 0 bridgehead atoms. The fraction of sp³-hybridized carbons (Fsp3) is 0.200. The molecule has 0 aliphatic heterocycles. The van der Waals surface area contributed by atoms with E-state index in [9.17, 15) is 9.59 Å². The number of hydrogen-bond acceptors (Lipinski definition) is 4. The summed E-state index contributed by atoms with van der Waals surface area (Å²) in [7, 11) is 0. The lowest BCUT2D eigenvalue weighted by atomic mass is 10.1. The Bertz CT molecular complexity index is 359. The number of hydrogen-bond donors (Lipinski definition) is 0. The maximum absolute atomic E-state index is 11.4. The second-order valence-corrected chi connectivity index (χ2v) is 3.58. The van der Waals surface area contributed by atoms with Crippen molar-refractivity contribution in [3.63, 3.8) is 0 Å². The monoisotopic (exact) mass is 350 g/mol. The van der Waals surface area contributed by atoms with Crippen LogP contribution >= 0.6 is 31.9 Å². The Balaban J connectivity index is 2.86. The predicted octanol–water partition coefficient (Wildman–Crippen LogP) is 2.71. The summed E-state index contributed by atoms with van der Waals surface area (Å²) in [5, 5.41) is 0. The third kappa shape index (κ3) is 3.61. The minimum atomic E-state index is -0.495. The minimum absolute atomic E-state index is 0.113. The highest BCUT2D eigenvalue weighted by molar-refractivity contribution is 9.09. The zero-order valence-electron chi connectivity index (χ0n) is 8.11. The van der Waals surface area contributed by atoms with Crippen LogP contribution in [-0.4, -0.2) is 23.0 Å². The van der Waals surface area contributed by atoms with Gasteiger partial charge >= 0.3 is 11.9 Å². The van der Waals surface area contributed by atoms with Crippen LogP contribution in [0.2, 0.25) is 0 Å². The first-order valence-corrected chi connectivity index (χ1v) is 6.49. The fourth-order valence-electron chi connectivity index (χ4n) is 1.04. The van der Waals surface area contributed by atoms with Crippen LogP contribution in [0.5, 0.6) is 0 Å². The quantitative estimate of drug-likeness (QED) is 0.618. The van der Waals surface area contributed by atoms with E-state index in [0.29, 0.717) is 11.1 Å². The topological polar surface area (TPSA) is 52.6 Å². The van der Waals surface area contributed by atoms with Crippen molar-refractivity contribution in [1.82, 2.24) is 0 Å². The van der Waals surface area contributed by atoms with Gasteiger partial charge in [-0.25, -0.2) is 9.59 Å². The van der Waals surface area contributed by atoms with Gasteiger partial charge in [0.15, 0.2) is 0 Å². The summed E-state index contributed by atoms with van der Waals surface area (Å²) in [6.45, 7) is 0. The van der Waals surface area contributed by atoms with Crippen LogP contribution in [0.15, 0.2) is 24.3 Å². The molecule has 0 saturated heterocycles. The van der Waals surface area contributed by atoms with Gasteiger partial charge in [0.05, 0.1) is 11.1 Å². The normalized spacial score (nSPS) is 9.62. The van der Waals surface area contributed by atoms with Crippen molar-refractivity contribution in [3.8, 4) is 0 Å². The summed E-state index contributed by atoms with van der Waals surface area (Å²) >= 11 is 5.96. The van der Waals surface area contributed by atoms with Crippen molar-refractivity contribution in [2.45, 2.75) is 0 Å². The molecule has 1 rings (SSSR count). The maximum Gasteiger partial charge on any atom is 0.338 e. The lowest BCUT2D eigenvalue weighted by Gasteiger charge is -2.03. The van der Waals surface area contributed by atoms with Crippen molar-refractivity contribution in [2.75, 3.05) is 11.0 Å². The molecule has 0 radical (unpaired) electrons. The van der Waals surface area contributed by atoms with Gasteiger partial charge in [0.25, 0.3) is 0 Å². The molecule has 0 N–H and O–H groups in total. The molecule has 0 aromatic heterocycles. The van der Waals surface area contributed by atoms with E-state index in [0.717, 1.165) is 0 Å². The van der Waals surface area contributed by atoms with Gasteiger partial charge in [-0.3, -0.25) is 0 Å². The van der Waals surface area contributed by atoms with Gasteiger partial charge in [-0.2, -0.15) is 0 Å². The first kappa shape index (κ1) is 13.2. The van der Waals surface area contributed by atoms with E-state index < -0.39 is 11.9 Å². The Morgan fingerprint density at radius 3 is 1.81 bits per heavy atom.